The first-order valence-corrected chi connectivity index (χ1v) is 7.24. The number of ether oxygens (including phenoxy) is 1. The van der Waals surface area contributed by atoms with Crippen LogP contribution in [0.5, 0.6) is 0 Å². The van der Waals surface area contributed by atoms with Crippen LogP contribution < -0.4 is 10.6 Å². The van der Waals surface area contributed by atoms with Crippen molar-refractivity contribution >= 4 is 5.69 Å². The Kier molecular flexibility index (Phi) is 4.50. The molecule has 2 N–H and O–H groups in total. The Hall–Kier alpha value is -2.51. The van der Waals surface area contributed by atoms with Crippen LogP contribution in [0.4, 0.5) is 10.1 Å². The van der Waals surface area contributed by atoms with Crippen molar-refractivity contribution in [2.75, 3.05) is 18.6 Å². The van der Waals surface area contributed by atoms with E-state index in [0.29, 0.717) is 18.8 Å². The zero-order valence-electron chi connectivity index (χ0n) is 12.8. The lowest BCUT2D eigenvalue weighted by molar-refractivity contribution is 0.187. The molecule has 0 spiro atoms. The highest BCUT2D eigenvalue weighted by molar-refractivity contribution is 5.77. The fourth-order valence-corrected chi connectivity index (χ4v) is 2.54. The van der Waals surface area contributed by atoms with Gasteiger partial charge in [0.2, 0.25) is 0 Å². The minimum Gasteiger partial charge on any atom is -0.383 e. The molecule has 0 fully saturated rings. The number of pyridine rings is 1. The zero-order chi connectivity index (χ0) is 16.2. The first-order chi connectivity index (χ1) is 11.2. The molecule has 1 aliphatic heterocycles. The van der Waals surface area contributed by atoms with E-state index in [9.17, 15) is 4.39 Å². The number of hydrogen-bond acceptors (Lipinski definition) is 5. The summed E-state index contributed by atoms with van der Waals surface area (Å²) >= 11 is 0. The number of hydrogen-bond donors (Lipinski definition) is 1. The summed E-state index contributed by atoms with van der Waals surface area (Å²) in [5, 5.41) is 0. The van der Waals surface area contributed by atoms with E-state index in [4.69, 9.17) is 10.5 Å². The van der Waals surface area contributed by atoms with E-state index in [0.717, 1.165) is 11.3 Å². The molecule has 0 aliphatic carbocycles. The van der Waals surface area contributed by atoms with Crippen molar-refractivity contribution in [1.29, 1.82) is 0 Å². The van der Waals surface area contributed by atoms with Crippen LogP contribution in [0.15, 0.2) is 55.2 Å². The molecule has 0 radical (unpaired) electrons. The monoisotopic (exact) mass is 315 g/mol. The SMILES string of the molecule is COCCn1cncc1-c1ccncc1N1C(F)=CC=CC1N. The summed E-state index contributed by atoms with van der Waals surface area (Å²) < 4.78 is 21.4. The fourth-order valence-electron chi connectivity index (χ4n) is 2.54. The van der Waals surface area contributed by atoms with Gasteiger partial charge >= 0.3 is 0 Å². The van der Waals surface area contributed by atoms with Gasteiger partial charge in [-0.05, 0) is 18.2 Å². The number of anilines is 1. The van der Waals surface area contributed by atoms with E-state index in [1.54, 1.807) is 44.2 Å². The maximum atomic E-state index is 14.3. The molecule has 1 aliphatic rings. The number of rotatable bonds is 5. The van der Waals surface area contributed by atoms with E-state index in [1.165, 1.54) is 11.0 Å². The van der Waals surface area contributed by atoms with E-state index >= 15 is 0 Å². The van der Waals surface area contributed by atoms with Crippen LogP contribution in [0.25, 0.3) is 11.3 Å². The highest BCUT2D eigenvalue weighted by atomic mass is 19.1. The third-order valence-electron chi connectivity index (χ3n) is 3.65. The third-order valence-corrected chi connectivity index (χ3v) is 3.65. The van der Waals surface area contributed by atoms with Crippen LogP contribution in [-0.2, 0) is 11.3 Å². The van der Waals surface area contributed by atoms with Gasteiger partial charge in [0.25, 0.3) is 0 Å². The summed E-state index contributed by atoms with van der Waals surface area (Å²) in [7, 11) is 1.65. The highest BCUT2D eigenvalue weighted by Gasteiger charge is 2.24. The van der Waals surface area contributed by atoms with Crippen LogP contribution >= 0.6 is 0 Å². The van der Waals surface area contributed by atoms with Crippen molar-refractivity contribution in [3.63, 3.8) is 0 Å². The summed E-state index contributed by atoms with van der Waals surface area (Å²) in [5.41, 5.74) is 8.29. The van der Waals surface area contributed by atoms with Gasteiger partial charge in [0.15, 0.2) is 5.95 Å². The van der Waals surface area contributed by atoms with E-state index in [-0.39, 0.29) is 0 Å². The van der Waals surface area contributed by atoms with Crippen LogP contribution in [0.1, 0.15) is 0 Å². The van der Waals surface area contributed by atoms with Gasteiger partial charge in [-0.25, -0.2) is 4.98 Å². The summed E-state index contributed by atoms with van der Waals surface area (Å²) in [5.74, 6) is -0.419. The largest absolute Gasteiger partial charge is 0.383 e. The second-order valence-corrected chi connectivity index (χ2v) is 5.09. The van der Waals surface area contributed by atoms with Crippen molar-refractivity contribution in [2.24, 2.45) is 5.73 Å². The normalized spacial score (nSPS) is 17.4. The molecule has 0 aromatic carbocycles. The number of nitrogens with two attached hydrogens (primary N) is 1. The molecule has 2 aromatic rings. The van der Waals surface area contributed by atoms with Gasteiger partial charge in [-0.3, -0.25) is 9.88 Å². The topological polar surface area (TPSA) is 69.2 Å². The Bertz CT molecular complexity index is 740. The molecule has 0 amide bonds. The molecular formula is C16H18FN5O. The van der Waals surface area contributed by atoms with Crippen molar-refractivity contribution in [3.05, 3.63) is 55.2 Å². The molecule has 23 heavy (non-hydrogen) atoms. The van der Waals surface area contributed by atoms with Gasteiger partial charge in [-0.2, -0.15) is 4.39 Å². The number of nitrogens with zero attached hydrogens (tertiary/aromatic N) is 4. The molecule has 0 bridgehead atoms. The Balaban J connectivity index is 2.04. The summed E-state index contributed by atoms with van der Waals surface area (Å²) in [4.78, 5) is 9.72. The number of methoxy groups -OCH3 is 1. The number of aromatic nitrogens is 3. The Morgan fingerprint density at radius 2 is 2.22 bits per heavy atom. The van der Waals surface area contributed by atoms with Gasteiger partial charge in [0.05, 0.1) is 36.7 Å². The lowest BCUT2D eigenvalue weighted by Gasteiger charge is -2.30. The average molecular weight is 315 g/mol. The first-order valence-electron chi connectivity index (χ1n) is 7.24. The van der Waals surface area contributed by atoms with E-state index in [1.807, 2.05) is 10.6 Å². The molecule has 0 saturated heterocycles. The van der Waals surface area contributed by atoms with Crippen LogP contribution in [0, 0.1) is 0 Å². The van der Waals surface area contributed by atoms with Gasteiger partial charge in [0, 0.05) is 25.4 Å². The van der Waals surface area contributed by atoms with Crippen LogP contribution in [0.3, 0.4) is 0 Å². The van der Waals surface area contributed by atoms with Crippen molar-refractivity contribution in [2.45, 2.75) is 12.7 Å². The minimum absolute atomic E-state index is 0.419. The van der Waals surface area contributed by atoms with Crippen LogP contribution in [-0.4, -0.2) is 34.4 Å². The third kappa shape index (κ3) is 3.01. The molecule has 120 valence electrons. The lowest BCUT2D eigenvalue weighted by atomic mass is 10.1. The van der Waals surface area contributed by atoms with Crippen molar-refractivity contribution in [3.8, 4) is 11.3 Å². The molecule has 3 rings (SSSR count). The molecule has 1 atom stereocenters. The molecule has 6 nitrogen and oxygen atoms in total. The second-order valence-electron chi connectivity index (χ2n) is 5.09. The van der Waals surface area contributed by atoms with E-state index in [2.05, 4.69) is 9.97 Å². The van der Waals surface area contributed by atoms with Gasteiger partial charge < -0.3 is 15.0 Å². The summed E-state index contributed by atoms with van der Waals surface area (Å²) in [6.45, 7) is 1.21. The Morgan fingerprint density at radius 3 is 3.00 bits per heavy atom. The van der Waals surface area contributed by atoms with E-state index < -0.39 is 12.1 Å². The maximum absolute atomic E-state index is 14.3. The molecule has 0 saturated carbocycles. The van der Waals surface area contributed by atoms with Crippen LogP contribution in [0.2, 0.25) is 0 Å². The first kappa shape index (κ1) is 15.4. The average Bonchev–Trinajstić information content (AvgIpc) is 3.01. The summed E-state index contributed by atoms with van der Waals surface area (Å²) in [6, 6.07) is 1.83. The second kappa shape index (κ2) is 6.72. The highest BCUT2D eigenvalue weighted by Crippen LogP contribution is 2.34. The predicted molar refractivity (Wildman–Crippen MR) is 86.1 cm³/mol. The smallest absolute Gasteiger partial charge is 0.195 e. The lowest BCUT2D eigenvalue weighted by Crippen LogP contribution is -2.40. The van der Waals surface area contributed by atoms with Gasteiger partial charge in [-0.1, -0.05) is 6.08 Å². The zero-order valence-corrected chi connectivity index (χ0v) is 12.8. The van der Waals surface area contributed by atoms with Crippen molar-refractivity contribution < 1.29 is 9.13 Å². The van der Waals surface area contributed by atoms with Crippen molar-refractivity contribution in [1.82, 2.24) is 14.5 Å². The molecular weight excluding hydrogens is 297 g/mol. The predicted octanol–water partition coefficient (Wildman–Crippen LogP) is 2.06. The molecule has 3 heterocycles. The molecule has 1 unspecified atom stereocenters. The molecule has 2 aromatic heterocycles. The summed E-state index contributed by atoms with van der Waals surface area (Å²) in [6.07, 6.45) is 10.9. The van der Waals surface area contributed by atoms with Gasteiger partial charge in [-0.15, -0.1) is 0 Å². The molecule has 7 heteroatoms. The Morgan fingerprint density at radius 1 is 1.35 bits per heavy atom. The maximum Gasteiger partial charge on any atom is 0.195 e. The number of halogens is 1. The quantitative estimate of drug-likeness (QED) is 0.855. The minimum atomic E-state index is -0.585. The number of allylic oxidation sites excluding steroid dienone is 2. The standard InChI is InChI=1S/C16H18FN5O/c1-23-8-7-21-11-20-9-13(21)12-5-6-19-10-14(12)22-15(17)3-2-4-16(22)18/h2-6,9-11,16H,7-8,18H2,1H3. The van der Waals surface area contributed by atoms with Gasteiger partial charge in [0.1, 0.15) is 6.17 Å². The fraction of sp³-hybridized carbons (Fsp3) is 0.250. The number of imidazole rings is 1. The Labute approximate surface area is 133 Å².